The summed E-state index contributed by atoms with van der Waals surface area (Å²) in [5.74, 6) is 0.463. The van der Waals surface area contributed by atoms with E-state index in [1.807, 2.05) is 13.8 Å². The SMILES string of the molecule is CCN(CC(C)C(N)=NO)C(=O)CC(C)C(C)(C)C. The highest BCUT2D eigenvalue weighted by Gasteiger charge is 2.25. The van der Waals surface area contributed by atoms with Gasteiger partial charge in [-0.1, -0.05) is 39.8 Å². The molecule has 0 spiro atoms. The second kappa shape index (κ2) is 7.36. The molecule has 1 amide bonds. The fourth-order valence-corrected chi connectivity index (χ4v) is 1.63. The van der Waals surface area contributed by atoms with E-state index >= 15 is 0 Å². The van der Waals surface area contributed by atoms with Crippen molar-refractivity contribution in [1.82, 2.24) is 4.90 Å². The van der Waals surface area contributed by atoms with Gasteiger partial charge < -0.3 is 15.8 Å². The molecule has 112 valence electrons. The molecule has 19 heavy (non-hydrogen) atoms. The van der Waals surface area contributed by atoms with Gasteiger partial charge in [0.2, 0.25) is 5.91 Å². The Kier molecular flexibility index (Phi) is 6.87. The lowest BCUT2D eigenvalue weighted by Crippen LogP contribution is -2.40. The van der Waals surface area contributed by atoms with Crippen molar-refractivity contribution in [3.63, 3.8) is 0 Å². The average molecular weight is 271 g/mol. The molecule has 0 saturated heterocycles. The van der Waals surface area contributed by atoms with E-state index in [2.05, 4.69) is 32.9 Å². The van der Waals surface area contributed by atoms with Crippen LogP contribution in [0, 0.1) is 17.3 Å². The number of hydrogen-bond donors (Lipinski definition) is 2. The zero-order valence-corrected chi connectivity index (χ0v) is 13.1. The van der Waals surface area contributed by atoms with E-state index in [-0.39, 0.29) is 23.1 Å². The first-order valence-electron chi connectivity index (χ1n) is 6.88. The van der Waals surface area contributed by atoms with Crippen molar-refractivity contribution >= 4 is 11.7 Å². The summed E-state index contributed by atoms with van der Waals surface area (Å²) in [4.78, 5) is 14.0. The first kappa shape index (κ1) is 17.7. The first-order valence-corrected chi connectivity index (χ1v) is 6.88. The lowest BCUT2D eigenvalue weighted by atomic mass is 9.80. The highest BCUT2D eigenvalue weighted by Crippen LogP contribution is 2.28. The number of carbonyl (C=O) groups excluding carboxylic acids is 1. The quantitative estimate of drug-likeness (QED) is 0.337. The topological polar surface area (TPSA) is 78.9 Å². The number of carbonyl (C=O) groups is 1. The Labute approximate surface area is 116 Å². The van der Waals surface area contributed by atoms with Crippen LogP contribution in [-0.4, -0.2) is 34.9 Å². The van der Waals surface area contributed by atoms with Gasteiger partial charge in [0.1, 0.15) is 5.84 Å². The van der Waals surface area contributed by atoms with Crippen LogP contribution in [0.1, 0.15) is 48.0 Å². The third-order valence-corrected chi connectivity index (χ3v) is 3.81. The number of hydrogen-bond acceptors (Lipinski definition) is 3. The summed E-state index contributed by atoms with van der Waals surface area (Å²) in [5, 5.41) is 11.6. The number of rotatable bonds is 6. The minimum absolute atomic E-state index is 0.117. The van der Waals surface area contributed by atoms with Crippen molar-refractivity contribution in [2.45, 2.75) is 48.0 Å². The molecule has 3 N–H and O–H groups in total. The minimum Gasteiger partial charge on any atom is -0.409 e. The molecule has 0 radical (unpaired) electrons. The lowest BCUT2D eigenvalue weighted by Gasteiger charge is -2.30. The van der Waals surface area contributed by atoms with Crippen LogP contribution in [0.15, 0.2) is 5.16 Å². The van der Waals surface area contributed by atoms with Crippen LogP contribution < -0.4 is 5.73 Å². The van der Waals surface area contributed by atoms with E-state index in [9.17, 15) is 4.79 Å². The molecule has 2 unspecified atom stereocenters. The largest absolute Gasteiger partial charge is 0.409 e. The molecule has 0 aromatic rings. The molecule has 5 heteroatoms. The highest BCUT2D eigenvalue weighted by atomic mass is 16.4. The van der Waals surface area contributed by atoms with E-state index < -0.39 is 0 Å². The summed E-state index contributed by atoms with van der Waals surface area (Å²) in [7, 11) is 0. The Balaban J connectivity index is 4.58. The van der Waals surface area contributed by atoms with E-state index in [0.717, 1.165) is 0 Å². The molecule has 0 heterocycles. The fraction of sp³-hybridized carbons (Fsp3) is 0.857. The first-order chi connectivity index (χ1) is 8.63. The molecule has 0 fully saturated rings. The molecule has 0 aliphatic rings. The maximum atomic E-state index is 12.3. The van der Waals surface area contributed by atoms with Crippen molar-refractivity contribution in [3.8, 4) is 0 Å². The van der Waals surface area contributed by atoms with Crippen LogP contribution in [0.2, 0.25) is 0 Å². The highest BCUT2D eigenvalue weighted by molar-refractivity contribution is 5.83. The Morgan fingerprint density at radius 1 is 1.37 bits per heavy atom. The summed E-state index contributed by atoms with van der Waals surface area (Å²) in [6.07, 6.45) is 0.528. The zero-order chi connectivity index (χ0) is 15.2. The second-order valence-corrected chi connectivity index (χ2v) is 6.33. The molecule has 5 nitrogen and oxygen atoms in total. The zero-order valence-electron chi connectivity index (χ0n) is 13.1. The monoisotopic (exact) mass is 271 g/mol. The number of nitrogens with zero attached hydrogens (tertiary/aromatic N) is 2. The molecular weight excluding hydrogens is 242 g/mol. The summed E-state index contributed by atoms with van der Waals surface area (Å²) < 4.78 is 0. The van der Waals surface area contributed by atoms with Crippen LogP contribution in [0.5, 0.6) is 0 Å². The van der Waals surface area contributed by atoms with Crippen molar-refractivity contribution in [2.24, 2.45) is 28.1 Å². The summed E-state index contributed by atoms with van der Waals surface area (Å²) >= 11 is 0. The third kappa shape index (κ3) is 5.94. The van der Waals surface area contributed by atoms with Gasteiger partial charge in [0, 0.05) is 25.4 Å². The number of oxime groups is 1. The van der Waals surface area contributed by atoms with E-state index in [4.69, 9.17) is 10.9 Å². The molecule has 0 bridgehead atoms. The predicted octanol–water partition coefficient (Wildman–Crippen LogP) is 2.29. The van der Waals surface area contributed by atoms with Crippen LogP contribution in [-0.2, 0) is 4.79 Å². The number of amides is 1. The van der Waals surface area contributed by atoms with Crippen molar-refractivity contribution in [2.75, 3.05) is 13.1 Å². The van der Waals surface area contributed by atoms with Gasteiger partial charge in [0.15, 0.2) is 0 Å². The van der Waals surface area contributed by atoms with Gasteiger partial charge in [-0.2, -0.15) is 0 Å². The summed E-state index contributed by atoms with van der Waals surface area (Å²) in [6.45, 7) is 13.4. The Hall–Kier alpha value is -1.26. The van der Waals surface area contributed by atoms with Crippen LogP contribution >= 0.6 is 0 Å². The van der Waals surface area contributed by atoms with Gasteiger partial charge in [-0.25, -0.2) is 0 Å². The molecule has 0 rings (SSSR count). The van der Waals surface area contributed by atoms with E-state index in [0.29, 0.717) is 25.4 Å². The van der Waals surface area contributed by atoms with Gasteiger partial charge >= 0.3 is 0 Å². The molecule has 0 aliphatic heterocycles. The van der Waals surface area contributed by atoms with Crippen LogP contribution in [0.25, 0.3) is 0 Å². The lowest BCUT2D eigenvalue weighted by molar-refractivity contribution is -0.133. The second-order valence-electron chi connectivity index (χ2n) is 6.33. The predicted molar refractivity (Wildman–Crippen MR) is 78.1 cm³/mol. The molecule has 0 aliphatic carbocycles. The molecule has 0 aromatic carbocycles. The van der Waals surface area contributed by atoms with E-state index in [1.54, 1.807) is 4.90 Å². The van der Waals surface area contributed by atoms with Crippen molar-refractivity contribution in [1.29, 1.82) is 0 Å². The normalized spacial score (nSPS) is 16.0. The fourth-order valence-electron chi connectivity index (χ4n) is 1.63. The van der Waals surface area contributed by atoms with Crippen molar-refractivity contribution < 1.29 is 10.0 Å². The maximum absolute atomic E-state index is 12.3. The Bertz CT molecular complexity index is 321. The summed E-state index contributed by atoms with van der Waals surface area (Å²) in [5.41, 5.74) is 5.67. The van der Waals surface area contributed by atoms with Gasteiger partial charge in [-0.05, 0) is 18.3 Å². The average Bonchev–Trinajstić information content (AvgIpc) is 2.32. The number of nitrogens with two attached hydrogens (primary N) is 1. The van der Waals surface area contributed by atoms with Gasteiger partial charge in [0.25, 0.3) is 0 Å². The Morgan fingerprint density at radius 2 is 1.89 bits per heavy atom. The smallest absolute Gasteiger partial charge is 0.222 e. The van der Waals surface area contributed by atoms with Gasteiger partial charge in [-0.3, -0.25) is 4.79 Å². The molecule has 2 atom stereocenters. The van der Waals surface area contributed by atoms with Crippen molar-refractivity contribution in [3.05, 3.63) is 0 Å². The molecule has 0 saturated carbocycles. The van der Waals surface area contributed by atoms with E-state index in [1.165, 1.54) is 0 Å². The minimum atomic E-state index is -0.140. The Morgan fingerprint density at radius 3 is 2.26 bits per heavy atom. The van der Waals surface area contributed by atoms with Crippen LogP contribution in [0.4, 0.5) is 0 Å². The molecule has 0 aromatic heterocycles. The third-order valence-electron chi connectivity index (χ3n) is 3.81. The van der Waals surface area contributed by atoms with Gasteiger partial charge in [-0.15, -0.1) is 0 Å². The number of amidine groups is 1. The summed E-state index contributed by atoms with van der Waals surface area (Å²) in [6, 6.07) is 0. The standard InChI is InChI=1S/C14H29N3O2/c1-7-17(9-10(2)13(15)16-19)12(18)8-11(3)14(4,5)6/h10-11,19H,7-9H2,1-6H3,(H2,15,16). The maximum Gasteiger partial charge on any atom is 0.222 e. The van der Waals surface area contributed by atoms with Gasteiger partial charge in [0.05, 0.1) is 0 Å². The molecular formula is C14H29N3O2. The van der Waals surface area contributed by atoms with Crippen LogP contribution in [0.3, 0.4) is 0 Å².